The third-order valence-electron chi connectivity index (χ3n) is 4.00. The molecule has 2 aromatic rings. The summed E-state index contributed by atoms with van der Waals surface area (Å²) in [6, 6.07) is 6.19. The minimum atomic E-state index is -0.329. The van der Waals surface area contributed by atoms with E-state index in [0.29, 0.717) is 30.4 Å². The topological polar surface area (TPSA) is 41.4 Å². The van der Waals surface area contributed by atoms with Gasteiger partial charge in [0, 0.05) is 51.0 Å². The molecule has 23 heavy (non-hydrogen) atoms. The molecule has 0 radical (unpaired) electrons. The molecule has 7 heteroatoms. The summed E-state index contributed by atoms with van der Waals surface area (Å²) in [6.07, 6.45) is 1.76. The summed E-state index contributed by atoms with van der Waals surface area (Å²) in [4.78, 5) is 16.4. The van der Waals surface area contributed by atoms with Gasteiger partial charge in [-0.15, -0.1) is 0 Å². The highest BCUT2D eigenvalue weighted by Crippen LogP contribution is 2.20. The van der Waals surface area contributed by atoms with Gasteiger partial charge in [0.2, 0.25) is 0 Å². The highest BCUT2D eigenvalue weighted by Gasteiger charge is 2.23. The van der Waals surface area contributed by atoms with Gasteiger partial charge in [0.1, 0.15) is 11.5 Å². The number of piperazine rings is 1. The number of hydrogen-bond donors (Lipinski definition) is 0. The van der Waals surface area contributed by atoms with Gasteiger partial charge in [-0.2, -0.15) is 5.10 Å². The van der Waals surface area contributed by atoms with E-state index >= 15 is 0 Å². The van der Waals surface area contributed by atoms with Gasteiger partial charge in [0.15, 0.2) is 0 Å². The van der Waals surface area contributed by atoms with Crippen molar-refractivity contribution in [1.82, 2.24) is 19.6 Å². The van der Waals surface area contributed by atoms with Gasteiger partial charge < -0.3 is 4.90 Å². The Balaban J connectivity index is 1.57. The van der Waals surface area contributed by atoms with Crippen LogP contribution in [0.5, 0.6) is 0 Å². The first-order valence-corrected chi connectivity index (χ1v) is 7.86. The van der Waals surface area contributed by atoms with Crippen molar-refractivity contribution in [3.8, 4) is 0 Å². The van der Waals surface area contributed by atoms with Crippen LogP contribution in [0, 0.1) is 5.82 Å². The fourth-order valence-electron chi connectivity index (χ4n) is 2.69. The molecule has 0 atom stereocenters. The number of nitrogens with zero attached hydrogens (tertiary/aromatic N) is 4. The van der Waals surface area contributed by atoms with Crippen molar-refractivity contribution < 1.29 is 9.18 Å². The molecule has 1 aliphatic rings. The van der Waals surface area contributed by atoms with E-state index in [-0.39, 0.29) is 11.7 Å². The van der Waals surface area contributed by atoms with Crippen molar-refractivity contribution in [3.63, 3.8) is 0 Å². The summed E-state index contributed by atoms with van der Waals surface area (Å²) in [5.41, 5.74) is 1.38. The molecule has 0 unspecified atom stereocenters. The Bertz CT molecular complexity index is 710. The van der Waals surface area contributed by atoms with E-state index in [1.165, 1.54) is 12.1 Å². The van der Waals surface area contributed by atoms with Crippen molar-refractivity contribution in [3.05, 3.63) is 52.6 Å². The van der Waals surface area contributed by atoms with E-state index in [1.54, 1.807) is 30.1 Å². The summed E-state index contributed by atoms with van der Waals surface area (Å²) in [5, 5.41) is 4.59. The Labute approximate surface area is 139 Å². The first-order valence-electron chi connectivity index (χ1n) is 7.48. The number of hydrogen-bond acceptors (Lipinski definition) is 3. The predicted octanol–water partition coefficient (Wildman–Crippen LogP) is 2.17. The van der Waals surface area contributed by atoms with Gasteiger partial charge in [-0.1, -0.05) is 17.7 Å². The molecule has 2 heterocycles. The predicted molar refractivity (Wildman–Crippen MR) is 85.8 cm³/mol. The Morgan fingerprint density at radius 3 is 2.61 bits per heavy atom. The second-order valence-electron chi connectivity index (χ2n) is 5.68. The number of aromatic nitrogens is 2. The monoisotopic (exact) mass is 336 g/mol. The Morgan fingerprint density at radius 1 is 1.26 bits per heavy atom. The van der Waals surface area contributed by atoms with Gasteiger partial charge >= 0.3 is 0 Å². The third-order valence-corrected chi connectivity index (χ3v) is 4.35. The van der Waals surface area contributed by atoms with Gasteiger partial charge in [-0.25, -0.2) is 4.39 Å². The van der Waals surface area contributed by atoms with Crippen LogP contribution in [0.2, 0.25) is 5.02 Å². The first kappa shape index (κ1) is 16.0. The molecule has 5 nitrogen and oxygen atoms in total. The maximum absolute atomic E-state index is 13.1. The second-order valence-corrected chi connectivity index (χ2v) is 6.09. The zero-order chi connectivity index (χ0) is 16.4. The minimum Gasteiger partial charge on any atom is -0.335 e. The van der Waals surface area contributed by atoms with E-state index in [4.69, 9.17) is 11.6 Å². The Hall–Kier alpha value is -1.92. The maximum Gasteiger partial charge on any atom is 0.274 e. The normalized spacial score (nSPS) is 15.9. The molecule has 1 aromatic carbocycles. The molecular formula is C16H18ClFN4O. The molecule has 1 amide bonds. The fourth-order valence-corrected chi connectivity index (χ4v) is 2.92. The van der Waals surface area contributed by atoms with Crippen LogP contribution in [0.1, 0.15) is 16.1 Å². The number of carbonyl (C=O) groups is 1. The average molecular weight is 337 g/mol. The lowest BCUT2D eigenvalue weighted by Gasteiger charge is -2.34. The second kappa shape index (κ2) is 6.68. The number of rotatable bonds is 3. The molecule has 0 saturated carbocycles. The number of halogens is 2. The number of carbonyl (C=O) groups excluding carboxylic acids is 1. The van der Waals surface area contributed by atoms with E-state index in [9.17, 15) is 9.18 Å². The van der Waals surface area contributed by atoms with Crippen LogP contribution in [-0.4, -0.2) is 51.7 Å². The maximum atomic E-state index is 13.1. The smallest absolute Gasteiger partial charge is 0.274 e. The van der Waals surface area contributed by atoms with Crippen molar-refractivity contribution >= 4 is 17.5 Å². The number of aryl methyl sites for hydroxylation is 1. The van der Waals surface area contributed by atoms with Crippen LogP contribution in [0.25, 0.3) is 0 Å². The molecule has 1 fully saturated rings. The number of benzene rings is 1. The summed E-state index contributed by atoms with van der Waals surface area (Å²) < 4.78 is 14.7. The lowest BCUT2D eigenvalue weighted by molar-refractivity contribution is 0.0622. The van der Waals surface area contributed by atoms with Crippen LogP contribution in [0.4, 0.5) is 4.39 Å². The molecule has 3 rings (SSSR count). The van der Waals surface area contributed by atoms with Crippen LogP contribution in [0.3, 0.4) is 0 Å². The SMILES string of the molecule is Cn1ccc(C(=O)N2CCN(Cc3ccc(F)cc3Cl)CC2)n1. The van der Waals surface area contributed by atoms with Crippen molar-refractivity contribution in [2.24, 2.45) is 7.05 Å². The quantitative estimate of drug-likeness (QED) is 0.862. The van der Waals surface area contributed by atoms with Crippen molar-refractivity contribution in [2.45, 2.75) is 6.54 Å². The fraction of sp³-hybridized carbons (Fsp3) is 0.375. The lowest BCUT2D eigenvalue weighted by Crippen LogP contribution is -2.48. The summed E-state index contributed by atoms with van der Waals surface area (Å²) in [7, 11) is 1.79. The molecular weight excluding hydrogens is 319 g/mol. The van der Waals surface area contributed by atoms with Crippen molar-refractivity contribution in [1.29, 1.82) is 0 Å². The average Bonchev–Trinajstić information content (AvgIpc) is 2.97. The first-order chi connectivity index (χ1) is 11.0. The van der Waals surface area contributed by atoms with E-state index < -0.39 is 0 Å². The molecule has 0 aliphatic carbocycles. The Morgan fingerprint density at radius 2 is 2.00 bits per heavy atom. The molecule has 1 aromatic heterocycles. The van der Waals surface area contributed by atoms with Crippen LogP contribution >= 0.6 is 11.6 Å². The summed E-state index contributed by atoms with van der Waals surface area (Å²) in [5.74, 6) is -0.366. The van der Waals surface area contributed by atoms with Crippen LogP contribution < -0.4 is 0 Å². The van der Waals surface area contributed by atoms with E-state index in [2.05, 4.69) is 10.00 Å². The molecule has 1 saturated heterocycles. The van der Waals surface area contributed by atoms with Gasteiger partial charge in [0.05, 0.1) is 0 Å². The van der Waals surface area contributed by atoms with Gasteiger partial charge in [-0.3, -0.25) is 14.4 Å². The molecule has 0 N–H and O–H groups in total. The molecule has 0 bridgehead atoms. The summed E-state index contributed by atoms with van der Waals surface area (Å²) in [6.45, 7) is 3.46. The van der Waals surface area contributed by atoms with Crippen molar-refractivity contribution in [2.75, 3.05) is 26.2 Å². The highest BCUT2D eigenvalue weighted by molar-refractivity contribution is 6.31. The largest absolute Gasteiger partial charge is 0.335 e. The molecule has 122 valence electrons. The molecule has 0 spiro atoms. The zero-order valence-electron chi connectivity index (χ0n) is 12.9. The lowest BCUT2D eigenvalue weighted by atomic mass is 10.2. The standard InChI is InChI=1S/C16H18ClFN4O/c1-20-5-4-15(19-20)16(23)22-8-6-21(7-9-22)11-12-2-3-13(18)10-14(12)17/h2-5,10H,6-9,11H2,1H3. The highest BCUT2D eigenvalue weighted by atomic mass is 35.5. The minimum absolute atomic E-state index is 0.0370. The van der Waals surface area contributed by atoms with E-state index in [1.807, 2.05) is 4.90 Å². The zero-order valence-corrected chi connectivity index (χ0v) is 13.6. The van der Waals surface area contributed by atoms with Crippen LogP contribution in [-0.2, 0) is 13.6 Å². The molecule has 1 aliphatic heterocycles. The van der Waals surface area contributed by atoms with Gasteiger partial charge in [0.25, 0.3) is 5.91 Å². The Kier molecular flexibility index (Phi) is 4.63. The third kappa shape index (κ3) is 3.71. The number of amides is 1. The van der Waals surface area contributed by atoms with Crippen LogP contribution in [0.15, 0.2) is 30.5 Å². The van der Waals surface area contributed by atoms with E-state index in [0.717, 1.165) is 18.7 Å². The summed E-state index contributed by atoms with van der Waals surface area (Å²) >= 11 is 6.07. The van der Waals surface area contributed by atoms with Gasteiger partial charge in [-0.05, 0) is 23.8 Å².